The number of carbonyl (C=O) groups excluding carboxylic acids is 2. The fraction of sp³-hybridized carbons (Fsp3) is 0.167. The van der Waals surface area contributed by atoms with Crippen LogP contribution in [0.1, 0.15) is 15.9 Å². The van der Waals surface area contributed by atoms with Gasteiger partial charge in [0.05, 0.1) is 33.2 Å². The third-order valence-electron chi connectivity index (χ3n) is 5.09. The number of non-ortho nitro benzene ring substituents is 1. The first-order chi connectivity index (χ1) is 18.0. The maximum Gasteiger partial charge on any atom is 0.340 e. The molecule has 0 unspecified atom stereocenters. The van der Waals surface area contributed by atoms with Gasteiger partial charge in [-0.2, -0.15) is 0 Å². The van der Waals surface area contributed by atoms with E-state index in [4.69, 9.17) is 21.1 Å². The summed E-state index contributed by atoms with van der Waals surface area (Å²) in [6, 6.07) is 12.3. The molecule has 0 atom stereocenters. The predicted molar refractivity (Wildman–Crippen MR) is 135 cm³/mol. The van der Waals surface area contributed by atoms with Crippen molar-refractivity contribution in [2.45, 2.75) is 11.3 Å². The van der Waals surface area contributed by atoms with Crippen LogP contribution in [-0.2, 0) is 26.0 Å². The first-order valence-electron chi connectivity index (χ1n) is 10.8. The third-order valence-corrected chi connectivity index (χ3v) is 6.78. The number of carbonyl (C=O) groups is 2. The summed E-state index contributed by atoms with van der Waals surface area (Å²) in [6.45, 7) is -0.442. The Bertz CT molecular complexity index is 1470. The van der Waals surface area contributed by atoms with E-state index in [1.165, 1.54) is 25.3 Å². The van der Waals surface area contributed by atoms with Crippen molar-refractivity contribution in [1.29, 1.82) is 0 Å². The van der Waals surface area contributed by atoms with E-state index in [-0.39, 0.29) is 40.1 Å². The van der Waals surface area contributed by atoms with Gasteiger partial charge < -0.3 is 14.8 Å². The molecule has 38 heavy (non-hydrogen) atoms. The van der Waals surface area contributed by atoms with Crippen molar-refractivity contribution in [3.63, 3.8) is 0 Å². The van der Waals surface area contributed by atoms with Gasteiger partial charge in [-0.15, -0.1) is 0 Å². The van der Waals surface area contributed by atoms with Crippen LogP contribution >= 0.6 is 11.6 Å². The summed E-state index contributed by atoms with van der Waals surface area (Å²) in [5.74, 6) is -2.01. The molecule has 14 heteroatoms. The van der Waals surface area contributed by atoms with Gasteiger partial charge in [-0.25, -0.2) is 17.6 Å². The van der Waals surface area contributed by atoms with Crippen LogP contribution < -0.4 is 14.8 Å². The summed E-state index contributed by atoms with van der Waals surface area (Å²) in [5, 5.41) is 13.5. The zero-order chi connectivity index (χ0) is 27.9. The molecule has 0 fully saturated rings. The summed E-state index contributed by atoms with van der Waals surface area (Å²) >= 11 is 6.04. The topological polar surface area (TPSA) is 154 Å². The van der Waals surface area contributed by atoms with E-state index in [1.807, 2.05) is 0 Å². The molecule has 11 nitrogen and oxygen atoms in total. The van der Waals surface area contributed by atoms with Crippen molar-refractivity contribution in [2.75, 3.05) is 25.0 Å². The van der Waals surface area contributed by atoms with Gasteiger partial charge in [0.2, 0.25) is 0 Å². The summed E-state index contributed by atoms with van der Waals surface area (Å²) in [7, 11) is -3.10. The number of nitro groups is 1. The molecular formula is C24H21ClFN3O8S. The Kier molecular flexibility index (Phi) is 9.20. The summed E-state index contributed by atoms with van der Waals surface area (Å²) in [5.41, 5.74) is -0.0950. The Morgan fingerprint density at radius 3 is 2.45 bits per heavy atom. The number of nitro benzene ring substituents is 1. The fourth-order valence-electron chi connectivity index (χ4n) is 3.18. The smallest absolute Gasteiger partial charge is 0.340 e. The van der Waals surface area contributed by atoms with Crippen molar-refractivity contribution < 1.29 is 36.8 Å². The van der Waals surface area contributed by atoms with Crippen LogP contribution in [0.3, 0.4) is 0 Å². The minimum absolute atomic E-state index is 0.0261. The van der Waals surface area contributed by atoms with Gasteiger partial charge in [0, 0.05) is 18.7 Å². The van der Waals surface area contributed by atoms with Crippen LogP contribution in [0.15, 0.2) is 65.6 Å². The highest BCUT2D eigenvalue weighted by Crippen LogP contribution is 2.31. The van der Waals surface area contributed by atoms with E-state index in [2.05, 4.69) is 10.0 Å². The molecule has 200 valence electrons. The quantitative estimate of drug-likeness (QED) is 0.203. The van der Waals surface area contributed by atoms with Gasteiger partial charge in [0.1, 0.15) is 11.6 Å². The highest BCUT2D eigenvalue weighted by molar-refractivity contribution is 7.92. The lowest BCUT2D eigenvalue weighted by Crippen LogP contribution is -2.30. The van der Waals surface area contributed by atoms with Crippen molar-refractivity contribution >= 4 is 44.9 Å². The zero-order valence-corrected chi connectivity index (χ0v) is 21.3. The number of esters is 1. The van der Waals surface area contributed by atoms with Crippen LogP contribution in [0, 0.1) is 15.9 Å². The van der Waals surface area contributed by atoms with E-state index >= 15 is 0 Å². The van der Waals surface area contributed by atoms with Gasteiger partial charge in [-0.3, -0.25) is 19.6 Å². The molecule has 3 rings (SSSR count). The number of ether oxygens (including phenoxy) is 2. The monoisotopic (exact) mass is 565 g/mol. The molecule has 0 bridgehead atoms. The number of hydrogen-bond acceptors (Lipinski definition) is 8. The lowest BCUT2D eigenvalue weighted by atomic mass is 10.1. The van der Waals surface area contributed by atoms with E-state index < -0.39 is 38.3 Å². The Morgan fingerprint density at radius 1 is 1.08 bits per heavy atom. The van der Waals surface area contributed by atoms with Crippen molar-refractivity contribution in [3.8, 4) is 5.75 Å². The lowest BCUT2D eigenvalue weighted by molar-refractivity contribution is -0.384. The minimum atomic E-state index is -4.36. The molecule has 0 radical (unpaired) electrons. The number of methoxy groups -OCH3 is 1. The highest BCUT2D eigenvalue weighted by atomic mass is 35.5. The number of amides is 1. The molecule has 3 aromatic carbocycles. The lowest BCUT2D eigenvalue weighted by Gasteiger charge is -2.13. The Labute approximate surface area is 221 Å². The summed E-state index contributed by atoms with van der Waals surface area (Å²) in [4.78, 5) is 34.5. The van der Waals surface area contributed by atoms with E-state index in [0.29, 0.717) is 6.42 Å². The van der Waals surface area contributed by atoms with Crippen molar-refractivity contribution in [3.05, 3.63) is 92.7 Å². The highest BCUT2D eigenvalue weighted by Gasteiger charge is 2.23. The summed E-state index contributed by atoms with van der Waals surface area (Å²) < 4.78 is 51.0. The zero-order valence-electron chi connectivity index (χ0n) is 19.8. The van der Waals surface area contributed by atoms with E-state index in [0.717, 1.165) is 35.9 Å². The number of anilines is 1. The minimum Gasteiger partial charge on any atom is -0.495 e. The average molecular weight is 566 g/mol. The van der Waals surface area contributed by atoms with Gasteiger partial charge in [0.15, 0.2) is 6.61 Å². The van der Waals surface area contributed by atoms with Gasteiger partial charge in [-0.05, 0) is 48.4 Å². The maximum absolute atomic E-state index is 12.9. The molecule has 0 heterocycles. The molecule has 0 aromatic heterocycles. The predicted octanol–water partition coefficient (Wildman–Crippen LogP) is 3.71. The fourth-order valence-corrected chi connectivity index (χ4v) is 4.46. The largest absolute Gasteiger partial charge is 0.495 e. The molecule has 2 N–H and O–H groups in total. The molecule has 0 saturated carbocycles. The molecule has 0 saturated heterocycles. The first kappa shape index (κ1) is 28.3. The number of halogens is 2. The molecule has 0 spiro atoms. The third kappa shape index (κ3) is 7.40. The summed E-state index contributed by atoms with van der Waals surface area (Å²) in [6.07, 6.45) is 0.425. The van der Waals surface area contributed by atoms with Crippen molar-refractivity contribution in [2.24, 2.45) is 0 Å². The van der Waals surface area contributed by atoms with Crippen LogP contribution in [0.2, 0.25) is 5.02 Å². The van der Waals surface area contributed by atoms with Crippen LogP contribution in [0.25, 0.3) is 0 Å². The number of nitrogens with one attached hydrogen (secondary N) is 2. The number of hydrogen-bond donors (Lipinski definition) is 2. The molecule has 0 aliphatic carbocycles. The van der Waals surface area contributed by atoms with Gasteiger partial charge in [-0.1, -0.05) is 23.7 Å². The van der Waals surface area contributed by atoms with Crippen LogP contribution in [-0.4, -0.2) is 45.5 Å². The second kappa shape index (κ2) is 12.3. The van der Waals surface area contributed by atoms with Gasteiger partial charge >= 0.3 is 5.97 Å². The number of rotatable bonds is 11. The molecule has 0 aliphatic heterocycles. The molecule has 1 amide bonds. The van der Waals surface area contributed by atoms with Crippen molar-refractivity contribution in [1.82, 2.24) is 5.32 Å². The van der Waals surface area contributed by atoms with E-state index in [1.54, 1.807) is 12.1 Å². The SMILES string of the molecule is COc1ccc([N+](=O)[O-])cc1NS(=O)(=O)c1ccc(Cl)c(C(=O)OCC(=O)NCCc2ccc(F)cc2)c1. The average Bonchev–Trinajstić information content (AvgIpc) is 2.88. The Hall–Kier alpha value is -4.23. The molecular weight excluding hydrogens is 545 g/mol. The van der Waals surface area contributed by atoms with Crippen LogP contribution in [0.4, 0.5) is 15.8 Å². The first-order valence-corrected chi connectivity index (χ1v) is 12.7. The Morgan fingerprint density at radius 2 is 1.79 bits per heavy atom. The number of benzene rings is 3. The number of sulfonamides is 1. The molecule has 3 aromatic rings. The van der Waals surface area contributed by atoms with Crippen LogP contribution in [0.5, 0.6) is 5.75 Å². The molecule has 0 aliphatic rings. The van der Waals surface area contributed by atoms with E-state index in [9.17, 15) is 32.5 Å². The number of nitrogens with zero attached hydrogens (tertiary/aromatic N) is 1. The second-order valence-electron chi connectivity index (χ2n) is 7.69. The second-order valence-corrected chi connectivity index (χ2v) is 9.78. The van der Waals surface area contributed by atoms with Gasteiger partial charge in [0.25, 0.3) is 21.6 Å². The maximum atomic E-state index is 12.9. The normalized spacial score (nSPS) is 10.9. The Balaban J connectivity index is 1.66. The standard InChI is InChI=1S/C24H21ClFN3O8S/c1-36-22-9-6-17(29(32)33)12-21(22)28-38(34,35)18-7-8-20(25)19(13-18)24(31)37-14-23(30)27-11-10-15-2-4-16(26)5-3-15/h2-9,12-13,28H,10-11,14H2,1H3,(H,27,30).